The van der Waals surface area contributed by atoms with Crippen LogP contribution in [0.3, 0.4) is 0 Å². The van der Waals surface area contributed by atoms with Gasteiger partial charge in [-0.3, -0.25) is 4.90 Å². The van der Waals surface area contributed by atoms with Crippen LogP contribution in [0.15, 0.2) is 18.2 Å². The predicted octanol–water partition coefficient (Wildman–Crippen LogP) is 1.36. The maximum Gasteiger partial charge on any atom is 0.123 e. The SMILES string of the molecule is CCN(Cc1cc(C#N)ccc1OC)C1CNC1. The van der Waals surface area contributed by atoms with E-state index in [1.807, 2.05) is 12.1 Å². The first kappa shape index (κ1) is 12.9. The molecule has 0 aromatic heterocycles. The van der Waals surface area contributed by atoms with Crippen LogP contribution in [0.2, 0.25) is 0 Å². The van der Waals surface area contributed by atoms with Crippen LogP contribution in [-0.4, -0.2) is 37.7 Å². The standard InChI is InChI=1S/C14H19N3O/c1-3-17(13-8-16-9-13)10-12-6-11(7-15)4-5-14(12)18-2/h4-6,13,16H,3,8-10H2,1-2H3. The maximum absolute atomic E-state index is 8.97. The van der Waals surface area contributed by atoms with Gasteiger partial charge >= 0.3 is 0 Å². The van der Waals surface area contributed by atoms with Crippen LogP contribution >= 0.6 is 0 Å². The minimum atomic E-state index is 0.602. The van der Waals surface area contributed by atoms with Crippen molar-refractivity contribution in [1.29, 1.82) is 5.26 Å². The topological polar surface area (TPSA) is 48.3 Å². The monoisotopic (exact) mass is 245 g/mol. The first-order chi connectivity index (χ1) is 8.78. The van der Waals surface area contributed by atoms with Crippen LogP contribution in [0.1, 0.15) is 18.1 Å². The fourth-order valence-corrected chi connectivity index (χ4v) is 2.22. The van der Waals surface area contributed by atoms with E-state index < -0.39 is 0 Å². The summed E-state index contributed by atoms with van der Waals surface area (Å²) in [4.78, 5) is 2.41. The summed E-state index contributed by atoms with van der Waals surface area (Å²) >= 11 is 0. The summed E-state index contributed by atoms with van der Waals surface area (Å²) < 4.78 is 5.37. The van der Waals surface area contributed by atoms with Gasteiger partial charge in [-0.15, -0.1) is 0 Å². The number of nitrogens with one attached hydrogen (secondary N) is 1. The Morgan fingerprint density at radius 3 is 2.78 bits per heavy atom. The van der Waals surface area contributed by atoms with Crippen molar-refractivity contribution in [1.82, 2.24) is 10.2 Å². The van der Waals surface area contributed by atoms with Crippen molar-refractivity contribution >= 4 is 0 Å². The van der Waals surface area contributed by atoms with Crippen molar-refractivity contribution in [2.45, 2.75) is 19.5 Å². The first-order valence-corrected chi connectivity index (χ1v) is 6.30. The number of ether oxygens (including phenoxy) is 1. The molecule has 0 bridgehead atoms. The lowest BCUT2D eigenvalue weighted by molar-refractivity contribution is 0.144. The van der Waals surface area contributed by atoms with Crippen LogP contribution < -0.4 is 10.1 Å². The molecule has 0 saturated carbocycles. The van der Waals surface area contributed by atoms with E-state index in [1.54, 1.807) is 13.2 Å². The summed E-state index contributed by atoms with van der Waals surface area (Å²) in [6.07, 6.45) is 0. The Hall–Kier alpha value is -1.57. The Labute approximate surface area is 108 Å². The first-order valence-electron chi connectivity index (χ1n) is 6.30. The van der Waals surface area contributed by atoms with Crippen molar-refractivity contribution in [3.05, 3.63) is 29.3 Å². The number of benzene rings is 1. The second-order valence-corrected chi connectivity index (χ2v) is 4.51. The van der Waals surface area contributed by atoms with Crippen LogP contribution in [0.25, 0.3) is 0 Å². The van der Waals surface area contributed by atoms with E-state index in [4.69, 9.17) is 10.00 Å². The molecule has 1 aliphatic rings. The third-order valence-electron chi connectivity index (χ3n) is 3.47. The zero-order chi connectivity index (χ0) is 13.0. The van der Waals surface area contributed by atoms with Crippen LogP contribution in [0.4, 0.5) is 0 Å². The second kappa shape index (κ2) is 5.85. The van der Waals surface area contributed by atoms with Crippen molar-refractivity contribution in [3.8, 4) is 11.8 Å². The average molecular weight is 245 g/mol. The van der Waals surface area contributed by atoms with Crippen LogP contribution in [0.5, 0.6) is 5.75 Å². The molecule has 18 heavy (non-hydrogen) atoms. The molecule has 1 fully saturated rings. The van der Waals surface area contributed by atoms with E-state index in [2.05, 4.69) is 23.2 Å². The molecule has 1 heterocycles. The summed E-state index contributed by atoms with van der Waals surface area (Å²) in [7, 11) is 1.67. The quantitative estimate of drug-likeness (QED) is 0.851. The van der Waals surface area contributed by atoms with E-state index in [1.165, 1.54) is 0 Å². The van der Waals surface area contributed by atoms with Gasteiger partial charge in [0.15, 0.2) is 0 Å². The molecule has 0 amide bonds. The van der Waals surface area contributed by atoms with Crippen molar-refractivity contribution in [2.75, 3.05) is 26.7 Å². The van der Waals surface area contributed by atoms with Crippen molar-refractivity contribution in [2.24, 2.45) is 0 Å². The minimum Gasteiger partial charge on any atom is -0.496 e. The molecule has 4 nitrogen and oxygen atoms in total. The van der Waals surface area contributed by atoms with Gasteiger partial charge in [-0.1, -0.05) is 6.92 Å². The summed E-state index contributed by atoms with van der Waals surface area (Å²) in [5.41, 5.74) is 1.78. The largest absolute Gasteiger partial charge is 0.496 e. The number of rotatable bonds is 5. The molecule has 1 aliphatic heterocycles. The molecule has 0 unspecified atom stereocenters. The summed E-state index contributed by atoms with van der Waals surface area (Å²) in [5.74, 6) is 0.861. The normalized spacial score (nSPS) is 15.2. The third-order valence-corrected chi connectivity index (χ3v) is 3.47. The number of hydrogen-bond donors (Lipinski definition) is 1. The predicted molar refractivity (Wildman–Crippen MR) is 70.5 cm³/mol. The highest BCUT2D eigenvalue weighted by atomic mass is 16.5. The zero-order valence-corrected chi connectivity index (χ0v) is 10.9. The smallest absolute Gasteiger partial charge is 0.123 e. The summed E-state index contributed by atoms with van der Waals surface area (Å²) in [6, 6.07) is 8.38. The van der Waals surface area contributed by atoms with Gasteiger partial charge < -0.3 is 10.1 Å². The minimum absolute atomic E-state index is 0.602. The van der Waals surface area contributed by atoms with E-state index in [-0.39, 0.29) is 0 Å². The molecule has 1 aromatic carbocycles. The molecule has 0 aliphatic carbocycles. The highest BCUT2D eigenvalue weighted by molar-refractivity contribution is 5.42. The van der Waals surface area contributed by atoms with Crippen LogP contribution in [0, 0.1) is 11.3 Å². The van der Waals surface area contributed by atoms with E-state index in [0.717, 1.165) is 37.5 Å². The Balaban J connectivity index is 2.17. The number of likely N-dealkylation sites (N-methyl/N-ethyl adjacent to an activating group) is 1. The van der Waals surface area contributed by atoms with Gasteiger partial charge in [-0.05, 0) is 24.7 Å². The number of methoxy groups -OCH3 is 1. The van der Waals surface area contributed by atoms with Gasteiger partial charge in [0.2, 0.25) is 0 Å². The maximum atomic E-state index is 8.97. The number of nitrogens with zero attached hydrogens (tertiary/aromatic N) is 2. The van der Waals surface area contributed by atoms with E-state index >= 15 is 0 Å². The third kappa shape index (κ3) is 2.63. The zero-order valence-electron chi connectivity index (χ0n) is 10.9. The average Bonchev–Trinajstić information content (AvgIpc) is 2.35. The van der Waals surface area contributed by atoms with Crippen LogP contribution in [-0.2, 0) is 6.54 Å². The van der Waals surface area contributed by atoms with Gasteiger partial charge in [0.05, 0.1) is 18.7 Å². The fraction of sp³-hybridized carbons (Fsp3) is 0.500. The van der Waals surface area contributed by atoms with Gasteiger partial charge in [-0.2, -0.15) is 5.26 Å². The lowest BCUT2D eigenvalue weighted by Gasteiger charge is -2.37. The molecule has 4 heteroatoms. The lowest BCUT2D eigenvalue weighted by atomic mass is 10.1. The van der Waals surface area contributed by atoms with Crippen molar-refractivity contribution in [3.63, 3.8) is 0 Å². The van der Waals surface area contributed by atoms with Crippen molar-refractivity contribution < 1.29 is 4.74 Å². The molecular formula is C14H19N3O. The molecular weight excluding hydrogens is 226 g/mol. The molecule has 1 N–H and O–H groups in total. The Morgan fingerprint density at radius 1 is 1.50 bits per heavy atom. The molecule has 0 spiro atoms. The molecule has 1 aromatic rings. The molecule has 96 valence electrons. The highest BCUT2D eigenvalue weighted by Crippen LogP contribution is 2.22. The Kier molecular flexibility index (Phi) is 4.19. The van der Waals surface area contributed by atoms with Gasteiger partial charge in [-0.25, -0.2) is 0 Å². The summed E-state index contributed by atoms with van der Waals surface area (Å²) in [6.45, 7) is 6.11. The Morgan fingerprint density at radius 2 is 2.28 bits per heavy atom. The highest BCUT2D eigenvalue weighted by Gasteiger charge is 2.24. The second-order valence-electron chi connectivity index (χ2n) is 4.51. The molecule has 2 rings (SSSR count). The summed E-state index contributed by atoms with van der Waals surface area (Å²) in [5, 5.41) is 12.3. The molecule has 0 radical (unpaired) electrons. The number of hydrogen-bond acceptors (Lipinski definition) is 4. The van der Waals surface area contributed by atoms with Gasteiger partial charge in [0, 0.05) is 31.2 Å². The van der Waals surface area contributed by atoms with E-state index in [9.17, 15) is 0 Å². The van der Waals surface area contributed by atoms with E-state index in [0.29, 0.717) is 11.6 Å². The van der Waals surface area contributed by atoms with Gasteiger partial charge in [0.25, 0.3) is 0 Å². The molecule has 1 saturated heterocycles. The number of nitriles is 1. The molecule has 0 atom stereocenters. The Bertz CT molecular complexity index is 449. The lowest BCUT2D eigenvalue weighted by Crippen LogP contribution is -2.56. The fourth-order valence-electron chi connectivity index (χ4n) is 2.22. The van der Waals surface area contributed by atoms with Gasteiger partial charge in [0.1, 0.15) is 5.75 Å².